The van der Waals surface area contributed by atoms with Gasteiger partial charge in [0.2, 0.25) is 0 Å². The van der Waals surface area contributed by atoms with Crippen molar-refractivity contribution >= 4 is 23.4 Å². The molecule has 2 aromatic rings. The number of esters is 1. The zero-order valence-corrected chi connectivity index (χ0v) is 16.6. The Morgan fingerprint density at radius 1 is 1.29 bits per heavy atom. The molecular weight excluding hydrogens is 356 g/mol. The maximum absolute atomic E-state index is 12.9. The number of carbonyl (C=O) groups excluding carboxylic acids is 2. The highest BCUT2D eigenvalue weighted by atomic mass is 16.5. The maximum atomic E-state index is 12.9. The molecule has 1 aliphatic heterocycles. The van der Waals surface area contributed by atoms with E-state index in [0.29, 0.717) is 41.1 Å². The van der Waals surface area contributed by atoms with E-state index in [4.69, 9.17) is 4.74 Å². The molecule has 1 aliphatic rings. The standard InChI is InChI=1S/C21H26N4O3/c1-4-28-21(27)16-9-5-6-10-17(16)24-19-12-18(22-15(3)23-19)20(26)25-11-7-8-14(2)13-25/h5-6,9-10,12,14H,4,7-8,11,13H2,1-3H3,(H,22,23,24). The fourth-order valence-electron chi connectivity index (χ4n) is 3.39. The lowest BCUT2D eigenvalue weighted by atomic mass is 10.00. The molecular formula is C21H26N4O3. The van der Waals surface area contributed by atoms with Crippen molar-refractivity contribution in [2.75, 3.05) is 25.0 Å². The van der Waals surface area contributed by atoms with Gasteiger partial charge in [-0.05, 0) is 44.7 Å². The van der Waals surface area contributed by atoms with E-state index in [1.54, 1.807) is 38.1 Å². The first-order valence-corrected chi connectivity index (χ1v) is 9.66. The van der Waals surface area contributed by atoms with Crippen molar-refractivity contribution in [3.63, 3.8) is 0 Å². The zero-order valence-electron chi connectivity index (χ0n) is 16.6. The molecule has 1 atom stereocenters. The van der Waals surface area contributed by atoms with E-state index in [1.807, 2.05) is 11.0 Å². The minimum absolute atomic E-state index is 0.0845. The van der Waals surface area contributed by atoms with Crippen LogP contribution in [0.4, 0.5) is 11.5 Å². The van der Waals surface area contributed by atoms with Gasteiger partial charge in [0, 0.05) is 19.2 Å². The summed E-state index contributed by atoms with van der Waals surface area (Å²) in [6.45, 7) is 7.47. The number of carbonyl (C=O) groups is 2. The van der Waals surface area contributed by atoms with Gasteiger partial charge in [0.15, 0.2) is 0 Å². The third kappa shape index (κ3) is 4.65. The Morgan fingerprint density at radius 3 is 2.82 bits per heavy atom. The first-order valence-electron chi connectivity index (χ1n) is 9.66. The molecule has 1 aromatic carbocycles. The summed E-state index contributed by atoms with van der Waals surface area (Å²) in [5.74, 6) is 0.966. The normalized spacial score (nSPS) is 16.5. The van der Waals surface area contributed by atoms with Crippen LogP contribution in [0.25, 0.3) is 0 Å². The van der Waals surface area contributed by atoms with Gasteiger partial charge in [-0.3, -0.25) is 4.79 Å². The molecule has 1 saturated heterocycles. The van der Waals surface area contributed by atoms with Crippen molar-refractivity contribution in [2.45, 2.75) is 33.6 Å². The van der Waals surface area contributed by atoms with Gasteiger partial charge in [-0.15, -0.1) is 0 Å². The third-order valence-electron chi connectivity index (χ3n) is 4.69. The topological polar surface area (TPSA) is 84.4 Å². The predicted octanol–water partition coefficient (Wildman–Crippen LogP) is 3.58. The van der Waals surface area contributed by atoms with Crippen molar-refractivity contribution < 1.29 is 14.3 Å². The summed E-state index contributed by atoms with van der Waals surface area (Å²) in [7, 11) is 0. The van der Waals surface area contributed by atoms with E-state index in [0.717, 1.165) is 25.9 Å². The Labute approximate surface area is 165 Å². The highest BCUT2D eigenvalue weighted by Gasteiger charge is 2.24. The molecule has 0 radical (unpaired) electrons. The minimum Gasteiger partial charge on any atom is -0.462 e. The molecule has 148 valence electrons. The Bertz CT molecular complexity index is 868. The van der Waals surface area contributed by atoms with E-state index in [1.165, 1.54) is 0 Å². The van der Waals surface area contributed by atoms with Crippen LogP contribution in [0.3, 0.4) is 0 Å². The van der Waals surface area contributed by atoms with Gasteiger partial charge in [-0.25, -0.2) is 14.8 Å². The molecule has 1 unspecified atom stereocenters. The number of aryl methyl sites for hydroxylation is 1. The number of ether oxygens (including phenoxy) is 1. The number of aromatic nitrogens is 2. The second-order valence-electron chi connectivity index (χ2n) is 7.08. The van der Waals surface area contributed by atoms with E-state index >= 15 is 0 Å². The molecule has 28 heavy (non-hydrogen) atoms. The van der Waals surface area contributed by atoms with Crippen molar-refractivity contribution in [3.05, 3.63) is 47.4 Å². The fourth-order valence-corrected chi connectivity index (χ4v) is 3.39. The van der Waals surface area contributed by atoms with E-state index < -0.39 is 5.97 Å². The van der Waals surface area contributed by atoms with Crippen molar-refractivity contribution in [2.24, 2.45) is 5.92 Å². The largest absolute Gasteiger partial charge is 0.462 e. The molecule has 1 amide bonds. The second-order valence-corrected chi connectivity index (χ2v) is 7.08. The molecule has 0 saturated carbocycles. The number of amides is 1. The Morgan fingerprint density at radius 2 is 2.07 bits per heavy atom. The summed E-state index contributed by atoms with van der Waals surface area (Å²) in [6, 6.07) is 8.69. The fraction of sp³-hybridized carbons (Fsp3) is 0.429. The summed E-state index contributed by atoms with van der Waals surface area (Å²) in [5.41, 5.74) is 1.35. The number of rotatable bonds is 5. The van der Waals surface area contributed by atoms with Crippen LogP contribution in [-0.2, 0) is 4.74 Å². The Balaban J connectivity index is 1.85. The average molecular weight is 382 g/mol. The molecule has 0 aliphatic carbocycles. The molecule has 0 spiro atoms. The maximum Gasteiger partial charge on any atom is 0.340 e. The summed E-state index contributed by atoms with van der Waals surface area (Å²) < 4.78 is 5.11. The number of nitrogens with one attached hydrogen (secondary N) is 1. The molecule has 0 bridgehead atoms. The minimum atomic E-state index is -0.407. The molecule has 7 nitrogen and oxygen atoms in total. The number of hydrogen-bond donors (Lipinski definition) is 1. The lowest BCUT2D eigenvalue weighted by Crippen LogP contribution is -2.39. The number of anilines is 2. The van der Waals surface area contributed by atoms with Crippen LogP contribution < -0.4 is 5.32 Å². The van der Waals surface area contributed by atoms with Gasteiger partial charge >= 0.3 is 5.97 Å². The zero-order chi connectivity index (χ0) is 20.1. The summed E-state index contributed by atoms with van der Waals surface area (Å²) in [4.78, 5) is 35.6. The SMILES string of the molecule is CCOC(=O)c1ccccc1Nc1cc(C(=O)N2CCCC(C)C2)nc(C)n1. The van der Waals surface area contributed by atoms with E-state index in [9.17, 15) is 9.59 Å². The molecule has 7 heteroatoms. The number of para-hydroxylation sites is 1. The molecule has 2 heterocycles. The molecule has 1 N–H and O–H groups in total. The number of likely N-dealkylation sites (tertiary alicyclic amines) is 1. The van der Waals surface area contributed by atoms with Gasteiger partial charge in [-0.2, -0.15) is 0 Å². The lowest BCUT2D eigenvalue weighted by Gasteiger charge is -2.30. The summed E-state index contributed by atoms with van der Waals surface area (Å²) in [5, 5.41) is 3.14. The lowest BCUT2D eigenvalue weighted by molar-refractivity contribution is 0.0527. The average Bonchev–Trinajstić information content (AvgIpc) is 2.67. The summed E-state index contributed by atoms with van der Waals surface area (Å²) in [6.07, 6.45) is 2.15. The first kappa shape index (κ1) is 19.8. The van der Waals surface area contributed by atoms with E-state index in [-0.39, 0.29) is 5.91 Å². The van der Waals surface area contributed by atoms with Crippen LogP contribution in [0.1, 0.15) is 53.4 Å². The van der Waals surface area contributed by atoms with Gasteiger partial charge in [0.1, 0.15) is 17.3 Å². The molecule has 1 fully saturated rings. The highest BCUT2D eigenvalue weighted by Crippen LogP contribution is 2.22. The molecule has 1 aromatic heterocycles. The van der Waals surface area contributed by atoms with Crippen LogP contribution in [0.15, 0.2) is 30.3 Å². The van der Waals surface area contributed by atoms with Crippen molar-refractivity contribution in [1.29, 1.82) is 0 Å². The van der Waals surface area contributed by atoms with Crippen LogP contribution in [0, 0.1) is 12.8 Å². The third-order valence-corrected chi connectivity index (χ3v) is 4.69. The second kappa shape index (κ2) is 8.82. The number of piperidine rings is 1. The van der Waals surface area contributed by atoms with Crippen LogP contribution in [-0.4, -0.2) is 46.4 Å². The first-order chi connectivity index (χ1) is 13.5. The van der Waals surface area contributed by atoms with E-state index in [2.05, 4.69) is 22.2 Å². The van der Waals surface area contributed by atoms with Crippen molar-refractivity contribution in [3.8, 4) is 0 Å². The van der Waals surface area contributed by atoms with Crippen LogP contribution >= 0.6 is 0 Å². The van der Waals surface area contributed by atoms with Gasteiger partial charge in [-0.1, -0.05) is 19.1 Å². The Kier molecular flexibility index (Phi) is 6.23. The smallest absolute Gasteiger partial charge is 0.340 e. The van der Waals surface area contributed by atoms with Gasteiger partial charge < -0.3 is 15.0 Å². The van der Waals surface area contributed by atoms with Gasteiger partial charge in [0.05, 0.1) is 17.9 Å². The monoisotopic (exact) mass is 382 g/mol. The quantitative estimate of drug-likeness (QED) is 0.796. The van der Waals surface area contributed by atoms with Crippen LogP contribution in [0.5, 0.6) is 0 Å². The number of nitrogens with zero attached hydrogens (tertiary/aromatic N) is 3. The highest BCUT2D eigenvalue weighted by molar-refractivity contribution is 5.97. The Hall–Kier alpha value is -2.96. The number of benzene rings is 1. The summed E-state index contributed by atoms with van der Waals surface area (Å²) >= 11 is 0. The van der Waals surface area contributed by atoms with Gasteiger partial charge in [0.25, 0.3) is 5.91 Å². The van der Waals surface area contributed by atoms with Crippen LogP contribution in [0.2, 0.25) is 0 Å². The molecule has 3 rings (SSSR count). The van der Waals surface area contributed by atoms with Crippen molar-refractivity contribution in [1.82, 2.24) is 14.9 Å². The predicted molar refractivity (Wildman–Crippen MR) is 107 cm³/mol. The number of hydrogen-bond acceptors (Lipinski definition) is 6.